The Hall–Kier alpha value is -4.67. The van der Waals surface area contributed by atoms with Crippen molar-refractivity contribution in [1.82, 2.24) is 4.57 Å². The molecule has 3 amide bonds. The molecular formula is C37H34N4O4S2. The first-order valence-electron chi connectivity index (χ1n) is 15.8. The van der Waals surface area contributed by atoms with E-state index in [-0.39, 0.29) is 29.1 Å². The third-order valence-corrected chi connectivity index (χ3v) is 11.7. The zero-order valence-corrected chi connectivity index (χ0v) is 27.9. The number of hydrogen-bond acceptors (Lipinski definition) is 7. The van der Waals surface area contributed by atoms with E-state index in [1.54, 1.807) is 12.1 Å². The first-order chi connectivity index (χ1) is 22.8. The zero-order chi connectivity index (χ0) is 32.8. The highest BCUT2D eigenvalue weighted by Crippen LogP contribution is 2.54. The highest BCUT2D eigenvalue weighted by Gasteiger charge is 2.56. The van der Waals surface area contributed by atoms with E-state index in [0.29, 0.717) is 21.3 Å². The van der Waals surface area contributed by atoms with Crippen molar-refractivity contribution < 1.29 is 14.4 Å². The number of carbonyl (C=O) groups excluding carboxylic acids is 3. The number of hydrogen-bond donors (Lipinski definition) is 1. The lowest BCUT2D eigenvalue weighted by Gasteiger charge is -2.31. The summed E-state index contributed by atoms with van der Waals surface area (Å²) in [6.07, 6.45) is 0. The van der Waals surface area contributed by atoms with Crippen LogP contribution in [0, 0.1) is 12.8 Å². The molecule has 1 fully saturated rings. The van der Waals surface area contributed by atoms with Crippen molar-refractivity contribution in [3.8, 4) is 0 Å². The van der Waals surface area contributed by atoms with Crippen LogP contribution in [0.2, 0.25) is 0 Å². The van der Waals surface area contributed by atoms with Crippen molar-refractivity contribution in [2.45, 2.75) is 43.5 Å². The molecule has 3 atom stereocenters. The Morgan fingerprint density at radius 1 is 0.851 bits per heavy atom. The van der Waals surface area contributed by atoms with Crippen LogP contribution in [0.3, 0.4) is 0 Å². The maximum Gasteiger partial charge on any atom is 0.308 e. The molecule has 0 aliphatic carbocycles. The van der Waals surface area contributed by atoms with Gasteiger partial charge in [0.25, 0.3) is 0 Å². The molecule has 1 saturated heterocycles. The Bertz CT molecular complexity index is 2070. The van der Waals surface area contributed by atoms with Crippen LogP contribution in [0.25, 0.3) is 10.8 Å². The number of fused-ring (bicyclic) bond motifs is 3. The maximum absolute atomic E-state index is 14.2. The quantitative estimate of drug-likeness (QED) is 0.187. The van der Waals surface area contributed by atoms with E-state index in [2.05, 4.69) is 24.1 Å². The Labute approximate surface area is 281 Å². The summed E-state index contributed by atoms with van der Waals surface area (Å²) in [5.41, 5.74) is 4.12. The molecule has 0 unspecified atom stereocenters. The summed E-state index contributed by atoms with van der Waals surface area (Å²) in [7, 11) is 0. The highest BCUT2D eigenvalue weighted by molar-refractivity contribution is 8.00. The Morgan fingerprint density at radius 2 is 1.55 bits per heavy atom. The molecule has 10 heteroatoms. The van der Waals surface area contributed by atoms with Crippen molar-refractivity contribution >= 4 is 68.7 Å². The van der Waals surface area contributed by atoms with Crippen LogP contribution in [-0.2, 0) is 20.9 Å². The summed E-state index contributed by atoms with van der Waals surface area (Å²) in [5.74, 6) is -2.15. The Morgan fingerprint density at radius 3 is 2.26 bits per heavy atom. The fourth-order valence-corrected chi connectivity index (χ4v) is 9.43. The number of nitrogens with zero attached hydrogens (tertiary/aromatic N) is 3. The second-order valence-electron chi connectivity index (χ2n) is 11.9. The largest absolute Gasteiger partial charge is 0.372 e. The number of anilines is 3. The summed E-state index contributed by atoms with van der Waals surface area (Å²) in [6, 6.07) is 29.0. The van der Waals surface area contributed by atoms with Crippen molar-refractivity contribution in [2.75, 3.05) is 28.2 Å². The second-order valence-corrected chi connectivity index (χ2v) is 14.0. The smallest absolute Gasteiger partial charge is 0.308 e. The molecule has 2 aliphatic heterocycles. The van der Waals surface area contributed by atoms with Crippen LogP contribution in [0.5, 0.6) is 0 Å². The van der Waals surface area contributed by atoms with Gasteiger partial charge in [-0.3, -0.25) is 23.7 Å². The number of thiazole rings is 1. The van der Waals surface area contributed by atoms with Crippen LogP contribution in [0.1, 0.15) is 35.8 Å². The van der Waals surface area contributed by atoms with E-state index in [1.165, 1.54) is 21.2 Å². The molecule has 238 valence electrons. The molecule has 47 heavy (non-hydrogen) atoms. The summed E-state index contributed by atoms with van der Waals surface area (Å²) >= 11 is 2.28. The van der Waals surface area contributed by atoms with Crippen molar-refractivity contribution in [1.29, 1.82) is 0 Å². The van der Waals surface area contributed by atoms with Crippen molar-refractivity contribution in [2.24, 2.45) is 5.92 Å². The van der Waals surface area contributed by atoms with E-state index >= 15 is 0 Å². The number of rotatable bonds is 8. The first-order valence-corrected chi connectivity index (χ1v) is 17.4. The van der Waals surface area contributed by atoms with Gasteiger partial charge in [0.05, 0.1) is 16.6 Å². The van der Waals surface area contributed by atoms with Crippen LogP contribution in [-0.4, -0.2) is 40.6 Å². The molecule has 4 aromatic carbocycles. The number of thioether (sulfide) groups is 1. The second kappa shape index (κ2) is 12.5. The monoisotopic (exact) mass is 662 g/mol. The number of aryl methyl sites for hydroxylation is 1. The van der Waals surface area contributed by atoms with Crippen LogP contribution < -0.4 is 20.0 Å². The highest BCUT2D eigenvalue weighted by atomic mass is 32.2. The third kappa shape index (κ3) is 5.55. The molecule has 0 saturated carbocycles. The van der Waals surface area contributed by atoms with E-state index in [4.69, 9.17) is 0 Å². The predicted octanol–water partition coefficient (Wildman–Crippen LogP) is 6.65. The fourth-order valence-electron chi connectivity index (χ4n) is 6.66. The fraction of sp³-hybridized carbons (Fsp3) is 0.243. The maximum atomic E-state index is 14.2. The van der Waals surface area contributed by atoms with Gasteiger partial charge in [-0.1, -0.05) is 83.3 Å². The molecular weight excluding hydrogens is 629 g/mol. The Kier molecular flexibility index (Phi) is 8.23. The van der Waals surface area contributed by atoms with Gasteiger partial charge in [0.15, 0.2) is 0 Å². The minimum atomic E-state index is -0.743. The van der Waals surface area contributed by atoms with Gasteiger partial charge >= 0.3 is 4.87 Å². The number of amides is 3. The van der Waals surface area contributed by atoms with E-state index < -0.39 is 17.1 Å². The number of imide groups is 1. The van der Waals surface area contributed by atoms with Gasteiger partial charge < -0.3 is 10.2 Å². The number of carbonyl (C=O) groups is 3. The Balaban J connectivity index is 1.26. The molecule has 5 aromatic rings. The van der Waals surface area contributed by atoms with Gasteiger partial charge in [0.1, 0.15) is 11.8 Å². The van der Waals surface area contributed by atoms with Crippen LogP contribution >= 0.6 is 23.1 Å². The minimum Gasteiger partial charge on any atom is -0.372 e. The minimum absolute atomic E-state index is 0.209. The molecule has 1 N–H and O–H groups in total. The normalized spacial score (nSPS) is 18.7. The molecule has 1 aromatic heterocycles. The molecule has 3 heterocycles. The van der Waals surface area contributed by atoms with Gasteiger partial charge in [-0.25, -0.2) is 4.90 Å². The SMILES string of the molecule is CCN(CC)c1ccc([C@@H]2c3sc(=O)n(CC(=O)Nc4ccc5ccccc5c4)c3S[C@H]3C(=O)N(c4ccc(C)cc4)C(=O)[C@@H]23)cc1. The lowest BCUT2D eigenvalue weighted by molar-refractivity contribution is -0.122. The van der Waals surface area contributed by atoms with Gasteiger partial charge in [-0.05, 0) is 73.5 Å². The molecule has 0 radical (unpaired) electrons. The van der Waals surface area contributed by atoms with E-state index in [9.17, 15) is 19.2 Å². The number of nitrogens with one attached hydrogen (secondary N) is 1. The average molecular weight is 663 g/mol. The number of benzene rings is 4. The summed E-state index contributed by atoms with van der Waals surface area (Å²) < 4.78 is 1.46. The topological polar surface area (TPSA) is 91.7 Å². The van der Waals surface area contributed by atoms with E-state index in [0.717, 1.165) is 52.0 Å². The van der Waals surface area contributed by atoms with Crippen molar-refractivity contribution in [3.05, 3.63) is 117 Å². The number of aromatic nitrogens is 1. The third-order valence-electron chi connectivity index (χ3n) is 9.06. The van der Waals surface area contributed by atoms with Gasteiger partial charge in [0.2, 0.25) is 17.7 Å². The lowest BCUT2D eigenvalue weighted by Crippen LogP contribution is -2.33. The molecule has 7 rings (SSSR count). The predicted molar refractivity (Wildman–Crippen MR) is 190 cm³/mol. The van der Waals surface area contributed by atoms with Gasteiger partial charge in [0, 0.05) is 35.3 Å². The zero-order valence-electron chi connectivity index (χ0n) is 26.3. The molecule has 2 aliphatic rings. The molecule has 0 spiro atoms. The standard InChI is InChI=1S/C37H34N4O4S2/c1-4-39(5-2)27-18-13-24(14-19-27)30-31-32(35(44)41(34(31)43)28-16-10-22(3)11-17-28)46-36-33(30)47-37(45)40(36)21-29(42)38-26-15-12-23-8-6-7-9-25(23)20-26/h6-20,30-32H,4-5,21H2,1-3H3,(H,38,42)/t30-,31-,32+/m0/s1. The first kappa shape index (κ1) is 31.0. The molecule has 0 bridgehead atoms. The summed E-state index contributed by atoms with van der Waals surface area (Å²) in [4.78, 5) is 59.1. The summed E-state index contributed by atoms with van der Waals surface area (Å²) in [5, 5.41) is 4.82. The van der Waals surface area contributed by atoms with Crippen LogP contribution in [0.4, 0.5) is 17.1 Å². The lowest BCUT2D eigenvalue weighted by atomic mass is 9.83. The molecule has 8 nitrogen and oxygen atoms in total. The van der Waals surface area contributed by atoms with E-state index in [1.807, 2.05) is 85.8 Å². The van der Waals surface area contributed by atoms with Crippen LogP contribution in [0.15, 0.2) is 101 Å². The summed E-state index contributed by atoms with van der Waals surface area (Å²) in [6.45, 7) is 7.67. The average Bonchev–Trinajstić information content (AvgIpc) is 3.52. The van der Waals surface area contributed by atoms with Gasteiger partial charge in [-0.15, -0.1) is 0 Å². The van der Waals surface area contributed by atoms with Crippen molar-refractivity contribution in [3.63, 3.8) is 0 Å². The van der Waals surface area contributed by atoms with Gasteiger partial charge in [-0.2, -0.15) is 0 Å².